The zero-order valence-corrected chi connectivity index (χ0v) is 14.3. The third-order valence-corrected chi connectivity index (χ3v) is 4.35. The van der Waals surface area contributed by atoms with Crippen molar-refractivity contribution in [2.75, 3.05) is 6.54 Å². The summed E-state index contributed by atoms with van der Waals surface area (Å²) in [6, 6.07) is 8.36. The highest BCUT2D eigenvalue weighted by Gasteiger charge is 2.06. The van der Waals surface area contributed by atoms with E-state index in [9.17, 15) is 0 Å². The van der Waals surface area contributed by atoms with Crippen molar-refractivity contribution in [3.8, 4) is 0 Å². The molecule has 1 heterocycles. The van der Waals surface area contributed by atoms with Crippen molar-refractivity contribution in [3.05, 3.63) is 45.7 Å². The summed E-state index contributed by atoms with van der Waals surface area (Å²) in [7, 11) is 0. The van der Waals surface area contributed by atoms with Crippen molar-refractivity contribution in [2.45, 2.75) is 37.4 Å². The van der Waals surface area contributed by atoms with E-state index in [1.165, 1.54) is 5.56 Å². The van der Waals surface area contributed by atoms with E-state index in [0.29, 0.717) is 0 Å². The molecule has 2 aromatic rings. The average Bonchev–Trinajstić information content (AvgIpc) is 2.36. The van der Waals surface area contributed by atoms with Crippen LogP contribution in [0, 0.1) is 13.8 Å². The van der Waals surface area contributed by atoms with Gasteiger partial charge in [0.25, 0.3) is 0 Å². The van der Waals surface area contributed by atoms with Crippen molar-refractivity contribution in [1.29, 1.82) is 0 Å². The van der Waals surface area contributed by atoms with Crippen LogP contribution in [0.25, 0.3) is 0 Å². The zero-order chi connectivity index (χ0) is 14.5. The molecule has 0 fully saturated rings. The molecule has 0 saturated carbocycles. The molecule has 5 heteroatoms. The Morgan fingerprint density at radius 2 is 1.85 bits per heavy atom. The topological polar surface area (TPSA) is 37.8 Å². The number of halogens is 1. The third kappa shape index (κ3) is 4.30. The van der Waals surface area contributed by atoms with Crippen molar-refractivity contribution in [3.63, 3.8) is 0 Å². The zero-order valence-electron chi connectivity index (χ0n) is 11.9. The Kier molecular flexibility index (Phi) is 5.57. The molecule has 3 nitrogen and oxygen atoms in total. The fraction of sp³-hybridized carbons (Fsp3) is 0.333. The summed E-state index contributed by atoms with van der Waals surface area (Å²) < 4.78 is 1.12. The molecule has 0 bridgehead atoms. The van der Waals surface area contributed by atoms with Gasteiger partial charge in [-0.15, -0.1) is 0 Å². The number of benzene rings is 1. The van der Waals surface area contributed by atoms with Crippen molar-refractivity contribution in [2.24, 2.45) is 0 Å². The SMILES string of the molecule is CCNCc1ccc(Sc2nc(C)cc(C)n2)cc1Br. The molecule has 0 aliphatic rings. The fourth-order valence-electron chi connectivity index (χ4n) is 1.84. The van der Waals surface area contributed by atoms with Gasteiger partial charge in [-0.05, 0) is 55.9 Å². The average molecular weight is 352 g/mol. The third-order valence-electron chi connectivity index (χ3n) is 2.76. The van der Waals surface area contributed by atoms with Crippen LogP contribution in [-0.2, 0) is 6.54 Å². The molecule has 1 N–H and O–H groups in total. The molecule has 0 radical (unpaired) electrons. The Balaban J connectivity index is 2.15. The van der Waals surface area contributed by atoms with E-state index in [2.05, 4.69) is 56.3 Å². The number of rotatable bonds is 5. The van der Waals surface area contributed by atoms with Crippen LogP contribution < -0.4 is 5.32 Å². The summed E-state index contributed by atoms with van der Waals surface area (Å²) in [5.41, 5.74) is 3.27. The van der Waals surface area contributed by atoms with Crippen LogP contribution in [0.2, 0.25) is 0 Å². The maximum Gasteiger partial charge on any atom is 0.192 e. The molecule has 0 unspecified atom stereocenters. The number of hydrogen-bond acceptors (Lipinski definition) is 4. The maximum atomic E-state index is 4.46. The summed E-state index contributed by atoms with van der Waals surface area (Å²) in [5.74, 6) is 0. The minimum atomic E-state index is 0.800. The normalized spacial score (nSPS) is 10.8. The van der Waals surface area contributed by atoms with Crippen LogP contribution in [0.1, 0.15) is 23.9 Å². The smallest absolute Gasteiger partial charge is 0.192 e. The largest absolute Gasteiger partial charge is 0.313 e. The standard InChI is InChI=1S/C15H18BrN3S/c1-4-17-9-12-5-6-13(8-14(12)16)20-15-18-10(2)7-11(3)19-15/h5-8,17H,4,9H2,1-3H3. The minimum Gasteiger partial charge on any atom is -0.313 e. The second-order valence-corrected chi connectivity index (χ2v) is 6.46. The van der Waals surface area contributed by atoms with Crippen LogP contribution in [-0.4, -0.2) is 16.5 Å². The van der Waals surface area contributed by atoms with E-state index >= 15 is 0 Å². The highest BCUT2D eigenvalue weighted by atomic mass is 79.9. The number of nitrogens with zero attached hydrogens (tertiary/aromatic N) is 2. The summed E-state index contributed by atoms with van der Waals surface area (Å²) in [6.07, 6.45) is 0. The van der Waals surface area contributed by atoms with Crippen LogP contribution in [0.15, 0.2) is 38.8 Å². The molecule has 106 valence electrons. The first-order chi connectivity index (χ1) is 9.58. The second kappa shape index (κ2) is 7.20. The Morgan fingerprint density at radius 1 is 1.15 bits per heavy atom. The molecule has 0 spiro atoms. The Morgan fingerprint density at radius 3 is 2.45 bits per heavy atom. The lowest BCUT2D eigenvalue weighted by Crippen LogP contribution is -2.11. The van der Waals surface area contributed by atoms with Gasteiger partial charge in [0.05, 0.1) is 0 Å². The van der Waals surface area contributed by atoms with Crippen LogP contribution >= 0.6 is 27.7 Å². The Bertz CT molecular complexity index is 581. The first kappa shape index (κ1) is 15.5. The van der Waals surface area contributed by atoms with Gasteiger partial charge in [0, 0.05) is 27.3 Å². The van der Waals surface area contributed by atoms with Gasteiger partial charge in [-0.3, -0.25) is 0 Å². The number of nitrogens with one attached hydrogen (secondary N) is 1. The summed E-state index contributed by atoms with van der Waals surface area (Å²) in [6.45, 7) is 7.94. The van der Waals surface area contributed by atoms with E-state index in [1.54, 1.807) is 11.8 Å². The fourth-order valence-corrected chi connectivity index (χ4v) is 3.41. The van der Waals surface area contributed by atoms with Gasteiger partial charge in [-0.1, -0.05) is 28.9 Å². The van der Waals surface area contributed by atoms with Crippen LogP contribution in [0.4, 0.5) is 0 Å². The van der Waals surface area contributed by atoms with E-state index in [0.717, 1.165) is 39.0 Å². The lowest BCUT2D eigenvalue weighted by atomic mass is 10.2. The van der Waals surface area contributed by atoms with Crippen molar-refractivity contribution >= 4 is 27.7 Å². The van der Waals surface area contributed by atoms with Gasteiger partial charge < -0.3 is 5.32 Å². The van der Waals surface area contributed by atoms with Gasteiger partial charge in [0.2, 0.25) is 0 Å². The van der Waals surface area contributed by atoms with Gasteiger partial charge in [-0.2, -0.15) is 0 Å². The molecule has 20 heavy (non-hydrogen) atoms. The number of aryl methyl sites for hydroxylation is 2. The van der Waals surface area contributed by atoms with E-state index in [4.69, 9.17) is 0 Å². The Hall–Kier alpha value is -0.910. The summed E-state index contributed by atoms with van der Waals surface area (Å²) in [4.78, 5) is 10.1. The molecule has 0 aliphatic carbocycles. The number of hydrogen-bond donors (Lipinski definition) is 1. The molecule has 1 aromatic heterocycles. The van der Waals surface area contributed by atoms with Crippen molar-refractivity contribution in [1.82, 2.24) is 15.3 Å². The molecular formula is C15H18BrN3S. The first-order valence-corrected chi connectivity index (χ1v) is 8.18. The molecule has 0 amide bonds. The predicted molar refractivity (Wildman–Crippen MR) is 87.2 cm³/mol. The monoisotopic (exact) mass is 351 g/mol. The quantitative estimate of drug-likeness (QED) is 0.822. The molecule has 0 atom stereocenters. The van der Waals surface area contributed by atoms with Crippen molar-refractivity contribution < 1.29 is 0 Å². The lowest BCUT2D eigenvalue weighted by molar-refractivity contribution is 0.724. The molecular weight excluding hydrogens is 334 g/mol. The molecule has 2 rings (SSSR count). The second-order valence-electron chi connectivity index (χ2n) is 4.57. The van der Waals surface area contributed by atoms with Crippen LogP contribution in [0.5, 0.6) is 0 Å². The van der Waals surface area contributed by atoms with Gasteiger partial charge in [-0.25, -0.2) is 9.97 Å². The van der Waals surface area contributed by atoms with Crippen LogP contribution in [0.3, 0.4) is 0 Å². The predicted octanol–water partition coefficient (Wildman–Crippen LogP) is 4.12. The van der Waals surface area contributed by atoms with Gasteiger partial charge >= 0.3 is 0 Å². The highest BCUT2D eigenvalue weighted by Crippen LogP contribution is 2.29. The van der Waals surface area contributed by atoms with Gasteiger partial charge in [0.1, 0.15) is 0 Å². The highest BCUT2D eigenvalue weighted by molar-refractivity contribution is 9.10. The number of aromatic nitrogens is 2. The Labute approximate surface area is 132 Å². The maximum absolute atomic E-state index is 4.46. The first-order valence-electron chi connectivity index (χ1n) is 6.57. The summed E-state index contributed by atoms with van der Waals surface area (Å²) in [5, 5.41) is 4.13. The molecule has 0 saturated heterocycles. The molecule has 0 aliphatic heterocycles. The minimum absolute atomic E-state index is 0.800. The van der Waals surface area contributed by atoms with E-state index in [1.807, 2.05) is 19.9 Å². The van der Waals surface area contributed by atoms with Gasteiger partial charge in [0.15, 0.2) is 5.16 Å². The van der Waals surface area contributed by atoms with E-state index < -0.39 is 0 Å². The molecule has 1 aromatic carbocycles. The summed E-state index contributed by atoms with van der Waals surface area (Å²) >= 11 is 5.22. The van der Waals surface area contributed by atoms with E-state index in [-0.39, 0.29) is 0 Å². The lowest BCUT2D eigenvalue weighted by Gasteiger charge is -2.08.